The maximum absolute atomic E-state index is 13.1. The molecule has 0 aliphatic carbocycles. The van der Waals surface area contributed by atoms with Crippen LogP contribution in [0.2, 0.25) is 5.02 Å². The van der Waals surface area contributed by atoms with Crippen molar-refractivity contribution in [3.05, 3.63) is 59.1 Å². The number of carbonyl (C=O) groups excluding carboxylic acids is 1. The van der Waals surface area contributed by atoms with Gasteiger partial charge in [0.1, 0.15) is 6.54 Å². The minimum Gasteiger partial charge on any atom is -0.352 e. The molecule has 2 aromatic rings. The van der Waals surface area contributed by atoms with Gasteiger partial charge in [0, 0.05) is 6.04 Å². The van der Waals surface area contributed by atoms with Crippen LogP contribution in [-0.2, 0) is 21.0 Å². The fourth-order valence-corrected chi connectivity index (χ4v) is 4.12. The number of benzene rings is 2. The highest BCUT2D eigenvalue weighted by atomic mass is 35.5. The van der Waals surface area contributed by atoms with Crippen molar-refractivity contribution in [2.45, 2.75) is 31.0 Å². The Hall–Kier alpha value is -2.26. The maximum Gasteiger partial charge on any atom is 0.416 e. The second kappa shape index (κ2) is 8.40. The van der Waals surface area contributed by atoms with Crippen LogP contribution in [0.3, 0.4) is 0 Å². The van der Waals surface area contributed by atoms with Gasteiger partial charge in [-0.25, -0.2) is 8.42 Å². The number of halogens is 4. The zero-order valence-corrected chi connectivity index (χ0v) is 16.6. The number of alkyl halides is 3. The Bertz CT molecular complexity index is 948. The Morgan fingerprint density at radius 1 is 1.14 bits per heavy atom. The van der Waals surface area contributed by atoms with Gasteiger partial charge in [-0.15, -0.1) is 0 Å². The highest BCUT2D eigenvalue weighted by Gasteiger charge is 2.34. The van der Waals surface area contributed by atoms with E-state index < -0.39 is 39.9 Å². The lowest BCUT2D eigenvalue weighted by molar-refractivity contribution is -0.137. The van der Waals surface area contributed by atoms with Crippen LogP contribution in [0.4, 0.5) is 18.9 Å². The Morgan fingerprint density at radius 2 is 1.75 bits per heavy atom. The maximum atomic E-state index is 13.1. The van der Waals surface area contributed by atoms with Crippen molar-refractivity contribution in [3.63, 3.8) is 0 Å². The van der Waals surface area contributed by atoms with Crippen LogP contribution in [0.25, 0.3) is 0 Å². The first-order valence-electron chi connectivity index (χ1n) is 8.17. The summed E-state index contributed by atoms with van der Waals surface area (Å²) in [7, 11) is -4.35. The molecule has 10 heteroatoms. The molecule has 0 atom stereocenters. The molecule has 152 valence electrons. The number of hydrogen-bond acceptors (Lipinski definition) is 3. The van der Waals surface area contributed by atoms with Gasteiger partial charge in [0.05, 0.1) is 21.2 Å². The molecule has 0 bridgehead atoms. The predicted molar refractivity (Wildman–Crippen MR) is 101 cm³/mol. The molecule has 2 aromatic carbocycles. The number of sulfonamides is 1. The first kappa shape index (κ1) is 22.0. The number of anilines is 1. The summed E-state index contributed by atoms with van der Waals surface area (Å²) in [6.07, 6.45) is -4.71. The van der Waals surface area contributed by atoms with Crippen molar-refractivity contribution in [2.75, 3.05) is 10.8 Å². The third kappa shape index (κ3) is 5.17. The van der Waals surface area contributed by atoms with E-state index in [1.807, 2.05) is 0 Å². The van der Waals surface area contributed by atoms with Crippen LogP contribution in [0, 0.1) is 0 Å². The van der Waals surface area contributed by atoms with Gasteiger partial charge in [-0.3, -0.25) is 9.10 Å². The van der Waals surface area contributed by atoms with Crippen molar-refractivity contribution in [1.29, 1.82) is 0 Å². The Balaban J connectivity index is 2.61. The lowest BCUT2D eigenvalue weighted by Crippen LogP contribution is -2.43. The monoisotopic (exact) mass is 434 g/mol. The number of hydrogen-bond donors (Lipinski definition) is 1. The number of amides is 1. The van der Waals surface area contributed by atoms with Crippen LogP contribution in [0.5, 0.6) is 0 Å². The summed E-state index contributed by atoms with van der Waals surface area (Å²) in [5, 5.41) is 2.29. The topological polar surface area (TPSA) is 66.5 Å². The smallest absolute Gasteiger partial charge is 0.352 e. The second-order valence-corrected chi connectivity index (χ2v) is 8.48. The Labute approximate surface area is 166 Å². The van der Waals surface area contributed by atoms with E-state index in [1.54, 1.807) is 19.9 Å². The molecule has 0 heterocycles. The van der Waals surface area contributed by atoms with Crippen LogP contribution in [0.1, 0.15) is 19.4 Å². The van der Waals surface area contributed by atoms with Crippen LogP contribution >= 0.6 is 11.6 Å². The third-order valence-corrected chi connectivity index (χ3v) is 5.70. The molecule has 0 unspecified atom stereocenters. The predicted octanol–water partition coefficient (Wildman–Crippen LogP) is 4.08. The van der Waals surface area contributed by atoms with Crippen molar-refractivity contribution >= 4 is 33.2 Å². The molecule has 0 aliphatic rings. The van der Waals surface area contributed by atoms with E-state index in [1.165, 1.54) is 24.3 Å². The van der Waals surface area contributed by atoms with E-state index in [2.05, 4.69) is 5.32 Å². The van der Waals surface area contributed by atoms with Crippen LogP contribution in [0.15, 0.2) is 53.4 Å². The molecule has 1 N–H and O–H groups in total. The summed E-state index contributed by atoms with van der Waals surface area (Å²) >= 11 is 6.02. The summed E-state index contributed by atoms with van der Waals surface area (Å²) < 4.78 is 66.1. The van der Waals surface area contributed by atoms with Gasteiger partial charge in [0.2, 0.25) is 5.91 Å². The van der Waals surface area contributed by atoms with E-state index in [0.29, 0.717) is 10.4 Å². The number of nitrogens with one attached hydrogen (secondary N) is 1. The average Bonchev–Trinajstić information content (AvgIpc) is 2.59. The van der Waals surface area contributed by atoms with E-state index in [4.69, 9.17) is 11.6 Å². The van der Waals surface area contributed by atoms with Gasteiger partial charge >= 0.3 is 6.18 Å². The fraction of sp³-hybridized carbons (Fsp3) is 0.278. The Kier molecular flexibility index (Phi) is 6.61. The molecule has 0 spiro atoms. The highest BCUT2D eigenvalue weighted by molar-refractivity contribution is 7.92. The molecule has 0 aromatic heterocycles. The van der Waals surface area contributed by atoms with E-state index in [9.17, 15) is 26.4 Å². The van der Waals surface area contributed by atoms with Gasteiger partial charge in [0.15, 0.2) is 0 Å². The van der Waals surface area contributed by atoms with Gasteiger partial charge in [-0.05, 0) is 44.2 Å². The first-order chi connectivity index (χ1) is 12.9. The molecule has 5 nitrogen and oxygen atoms in total. The zero-order valence-electron chi connectivity index (χ0n) is 15.0. The molecule has 0 aliphatic heterocycles. The normalized spacial score (nSPS) is 12.1. The molecule has 0 fully saturated rings. The molecular formula is C18H18ClF3N2O3S. The lowest BCUT2D eigenvalue weighted by Gasteiger charge is -2.26. The Morgan fingerprint density at radius 3 is 2.29 bits per heavy atom. The summed E-state index contributed by atoms with van der Waals surface area (Å²) in [6.45, 7) is 2.62. The van der Waals surface area contributed by atoms with E-state index >= 15 is 0 Å². The van der Waals surface area contributed by atoms with Crippen LogP contribution < -0.4 is 9.62 Å². The molecule has 2 rings (SSSR count). The summed E-state index contributed by atoms with van der Waals surface area (Å²) in [4.78, 5) is 12.0. The largest absolute Gasteiger partial charge is 0.416 e. The minimum absolute atomic E-state index is 0.180. The second-order valence-electron chi connectivity index (χ2n) is 6.21. The molecule has 0 saturated carbocycles. The molecular weight excluding hydrogens is 417 g/mol. The summed E-state index contributed by atoms with van der Waals surface area (Å²) in [5.74, 6) is -0.678. The summed E-state index contributed by atoms with van der Waals surface area (Å²) in [6, 6.07) is 9.11. The molecule has 0 saturated heterocycles. The highest BCUT2D eigenvalue weighted by Crippen LogP contribution is 2.37. The number of carbonyl (C=O) groups is 1. The fourth-order valence-electron chi connectivity index (χ4n) is 2.40. The van der Waals surface area contributed by atoms with Gasteiger partial charge in [-0.1, -0.05) is 29.8 Å². The molecule has 28 heavy (non-hydrogen) atoms. The van der Waals surface area contributed by atoms with Crippen molar-refractivity contribution in [2.24, 2.45) is 0 Å². The summed E-state index contributed by atoms with van der Waals surface area (Å²) in [5.41, 5.74) is -1.51. The third-order valence-electron chi connectivity index (χ3n) is 3.61. The zero-order chi connectivity index (χ0) is 21.1. The standard InChI is InChI=1S/C18H18ClF3N2O3S/c1-12(2)23-17(25)11-24(28(26,27)14-6-4-3-5-7-14)16-10-13(18(20,21)22)8-9-15(16)19/h3-10,12H,11H2,1-2H3,(H,23,25). The molecule has 0 radical (unpaired) electrons. The average molecular weight is 435 g/mol. The first-order valence-corrected chi connectivity index (χ1v) is 9.98. The van der Waals surface area contributed by atoms with Gasteiger partial charge < -0.3 is 5.32 Å². The van der Waals surface area contributed by atoms with Gasteiger partial charge in [0.25, 0.3) is 10.0 Å². The van der Waals surface area contributed by atoms with Crippen LogP contribution in [-0.4, -0.2) is 26.9 Å². The van der Waals surface area contributed by atoms with E-state index in [0.717, 1.165) is 12.1 Å². The number of nitrogens with zero attached hydrogens (tertiary/aromatic N) is 1. The van der Waals surface area contributed by atoms with Crippen molar-refractivity contribution in [1.82, 2.24) is 5.32 Å². The number of rotatable bonds is 6. The van der Waals surface area contributed by atoms with Gasteiger partial charge in [-0.2, -0.15) is 13.2 Å². The quantitative estimate of drug-likeness (QED) is 0.745. The SMILES string of the molecule is CC(C)NC(=O)CN(c1cc(C(F)(F)F)ccc1Cl)S(=O)(=O)c1ccccc1. The van der Waals surface area contributed by atoms with Crippen molar-refractivity contribution in [3.8, 4) is 0 Å². The van der Waals surface area contributed by atoms with E-state index in [-0.39, 0.29) is 16.0 Å². The minimum atomic E-state index is -4.71. The lowest BCUT2D eigenvalue weighted by atomic mass is 10.2. The molecule has 1 amide bonds. The van der Waals surface area contributed by atoms with Crippen molar-refractivity contribution < 1.29 is 26.4 Å².